The van der Waals surface area contributed by atoms with E-state index in [1.54, 1.807) is 19.1 Å². The number of nitrogens with zero attached hydrogens (tertiary/aromatic N) is 4. The van der Waals surface area contributed by atoms with Crippen molar-refractivity contribution in [3.63, 3.8) is 0 Å². The normalized spacial score (nSPS) is 14.9. The van der Waals surface area contributed by atoms with E-state index in [1.807, 2.05) is 0 Å². The van der Waals surface area contributed by atoms with Crippen molar-refractivity contribution in [2.24, 2.45) is 22.1 Å². The van der Waals surface area contributed by atoms with Crippen LogP contribution in [0.25, 0.3) is 0 Å². The molecule has 3 atom stereocenters. The Morgan fingerprint density at radius 2 is 1.70 bits per heavy atom. The van der Waals surface area contributed by atoms with Crippen molar-refractivity contribution in [3.8, 4) is 12.1 Å². The molecule has 0 heterocycles. The zero-order valence-corrected chi connectivity index (χ0v) is 11.1. The molecule has 0 amide bonds. The van der Waals surface area contributed by atoms with Crippen LogP contribution in [0.2, 0.25) is 0 Å². The van der Waals surface area contributed by atoms with E-state index in [1.165, 1.54) is 0 Å². The van der Waals surface area contributed by atoms with Gasteiger partial charge in [-0.1, -0.05) is 0 Å². The Bertz CT molecular complexity index is 449. The highest BCUT2D eigenvalue weighted by Crippen LogP contribution is 2.10. The monoisotopic (exact) mass is 280 g/mol. The van der Waals surface area contributed by atoms with E-state index in [0.717, 1.165) is 0 Å². The van der Waals surface area contributed by atoms with Crippen LogP contribution in [0.3, 0.4) is 0 Å². The quantitative estimate of drug-likeness (QED) is 0.482. The second-order valence-electron chi connectivity index (χ2n) is 4.25. The van der Waals surface area contributed by atoms with Gasteiger partial charge in [0.05, 0.1) is 24.7 Å². The highest BCUT2D eigenvalue weighted by Gasteiger charge is 2.19. The number of nitriles is 2. The van der Waals surface area contributed by atoms with Gasteiger partial charge < -0.3 is 10.2 Å². The van der Waals surface area contributed by atoms with Crippen LogP contribution in [0, 0.1) is 34.5 Å². The average molecular weight is 280 g/mol. The molecule has 0 rings (SSSR count). The molecule has 0 fully saturated rings. The summed E-state index contributed by atoms with van der Waals surface area (Å²) in [7, 11) is 0. The highest BCUT2D eigenvalue weighted by molar-refractivity contribution is 5.73. The molecule has 0 bridgehead atoms. The third kappa shape index (κ3) is 7.07. The van der Waals surface area contributed by atoms with Crippen molar-refractivity contribution in [1.29, 1.82) is 10.5 Å². The molecule has 0 aromatic heterocycles. The number of carbonyl (C=O) groups is 2. The number of azo groups is 1. The fourth-order valence-electron chi connectivity index (χ4n) is 1.40. The minimum Gasteiger partial charge on any atom is -0.480 e. The molecular weight excluding hydrogens is 264 g/mol. The summed E-state index contributed by atoms with van der Waals surface area (Å²) in [5.74, 6) is -4.50. The molecule has 108 valence electrons. The summed E-state index contributed by atoms with van der Waals surface area (Å²) in [4.78, 5) is 21.2. The maximum atomic E-state index is 10.6. The first kappa shape index (κ1) is 17.5. The molecule has 0 aliphatic carbocycles. The van der Waals surface area contributed by atoms with Gasteiger partial charge in [0, 0.05) is 0 Å². The lowest BCUT2D eigenvalue weighted by Crippen LogP contribution is -2.16. The molecule has 0 spiro atoms. The lowest BCUT2D eigenvalue weighted by Gasteiger charge is -2.06. The topological polar surface area (TPSA) is 147 Å². The number of carboxylic acid groups (broad SMARTS) is 2. The number of hydrogen-bond donors (Lipinski definition) is 2. The van der Waals surface area contributed by atoms with Gasteiger partial charge in [-0.2, -0.15) is 20.8 Å². The number of hydrogen-bond acceptors (Lipinski definition) is 6. The zero-order chi connectivity index (χ0) is 15.5. The molecule has 20 heavy (non-hydrogen) atoms. The predicted octanol–water partition coefficient (Wildman–Crippen LogP) is 1.45. The predicted molar refractivity (Wildman–Crippen MR) is 66.5 cm³/mol. The van der Waals surface area contributed by atoms with Gasteiger partial charge in [-0.3, -0.25) is 9.59 Å². The van der Waals surface area contributed by atoms with Gasteiger partial charge in [-0.15, -0.1) is 0 Å². The smallest absolute Gasteiger partial charge is 0.320 e. The number of carboxylic acids is 2. The summed E-state index contributed by atoms with van der Waals surface area (Å²) in [6.45, 7) is 1.91. The average Bonchev–Trinajstić information content (AvgIpc) is 2.39. The van der Waals surface area contributed by atoms with E-state index < -0.39 is 29.8 Å². The maximum Gasteiger partial charge on any atom is 0.320 e. The molecule has 0 aromatic carbocycles. The summed E-state index contributed by atoms with van der Waals surface area (Å²) < 4.78 is 0. The molecule has 0 radical (unpaired) electrons. The molecule has 8 nitrogen and oxygen atoms in total. The largest absolute Gasteiger partial charge is 0.480 e. The van der Waals surface area contributed by atoms with Gasteiger partial charge in [0.25, 0.3) is 0 Å². The lowest BCUT2D eigenvalue weighted by atomic mass is 10.0. The molecule has 0 aliphatic heterocycles. The maximum absolute atomic E-state index is 10.6. The second kappa shape index (κ2) is 9.45. The van der Waals surface area contributed by atoms with Gasteiger partial charge in [0.1, 0.15) is 11.8 Å². The first-order chi connectivity index (χ1) is 9.42. The Morgan fingerprint density at radius 1 is 1.15 bits per heavy atom. The van der Waals surface area contributed by atoms with E-state index in [4.69, 9.17) is 20.7 Å². The third-order valence-corrected chi connectivity index (χ3v) is 2.51. The van der Waals surface area contributed by atoms with Crippen LogP contribution in [0.5, 0.6) is 0 Å². The molecule has 8 heteroatoms. The minimum absolute atomic E-state index is 0.0747. The van der Waals surface area contributed by atoms with E-state index in [9.17, 15) is 9.59 Å². The van der Waals surface area contributed by atoms with Gasteiger partial charge in [0.2, 0.25) is 0 Å². The van der Waals surface area contributed by atoms with E-state index in [0.29, 0.717) is 6.42 Å². The summed E-state index contributed by atoms with van der Waals surface area (Å²) >= 11 is 0. The van der Waals surface area contributed by atoms with Crippen LogP contribution < -0.4 is 0 Å². The molecule has 3 unspecified atom stereocenters. The van der Waals surface area contributed by atoms with Crippen molar-refractivity contribution in [1.82, 2.24) is 0 Å². The van der Waals surface area contributed by atoms with E-state index in [2.05, 4.69) is 10.2 Å². The first-order valence-corrected chi connectivity index (χ1v) is 6.03. The fraction of sp³-hybridized carbons (Fsp3) is 0.667. The van der Waals surface area contributed by atoms with Crippen LogP contribution in [0.15, 0.2) is 10.2 Å². The summed E-state index contributed by atoms with van der Waals surface area (Å²) in [5.41, 5.74) is 0. The Balaban J connectivity index is 4.02. The Kier molecular flexibility index (Phi) is 8.28. The van der Waals surface area contributed by atoms with Crippen molar-refractivity contribution < 1.29 is 19.8 Å². The number of aliphatic carboxylic acids is 2. The third-order valence-electron chi connectivity index (χ3n) is 2.51. The van der Waals surface area contributed by atoms with Crippen molar-refractivity contribution in [3.05, 3.63) is 0 Å². The van der Waals surface area contributed by atoms with Gasteiger partial charge in [0.15, 0.2) is 0 Å². The van der Waals surface area contributed by atoms with Gasteiger partial charge >= 0.3 is 11.9 Å². The van der Waals surface area contributed by atoms with Crippen LogP contribution in [-0.4, -0.2) is 34.7 Å². The second-order valence-corrected chi connectivity index (χ2v) is 4.25. The van der Waals surface area contributed by atoms with Crippen LogP contribution in [0.1, 0.15) is 26.2 Å². The molecule has 0 saturated carbocycles. The SMILES string of the molecule is CC(CC(C#N)C(=O)O)N=NCCCC(C#N)C(=O)O. The Labute approximate surface area is 116 Å². The number of rotatable bonds is 9. The van der Waals surface area contributed by atoms with E-state index >= 15 is 0 Å². The summed E-state index contributed by atoms with van der Waals surface area (Å²) in [6, 6.07) is 2.94. The van der Waals surface area contributed by atoms with Crippen LogP contribution in [-0.2, 0) is 9.59 Å². The van der Waals surface area contributed by atoms with E-state index in [-0.39, 0.29) is 19.4 Å². The van der Waals surface area contributed by atoms with Crippen molar-refractivity contribution in [2.75, 3.05) is 6.54 Å². The van der Waals surface area contributed by atoms with Crippen molar-refractivity contribution in [2.45, 2.75) is 32.2 Å². The molecular formula is C12H16N4O4. The van der Waals surface area contributed by atoms with Crippen LogP contribution >= 0.6 is 0 Å². The van der Waals surface area contributed by atoms with Gasteiger partial charge in [-0.05, 0) is 26.2 Å². The molecule has 0 saturated heterocycles. The summed E-state index contributed by atoms with van der Waals surface area (Å²) in [5, 5.41) is 42.1. The lowest BCUT2D eigenvalue weighted by molar-refractivity contribution is -0.141. The Hall–Kier alpha value is -2.48. The zero-order valence-electron chi connectivity index (χ0n) is 11.1. The van der Waals surface area contributed by atoms with Gasteiger partial charge in [-0.25, -0.2) is 0 Å². The Morgan fingerprint density at radius 3 is 2.15 bits per heavy atom. The molecule has 0 aromatic rings. The highest BCUT2D eigenvalue weighted by atomic mass is 16.4. The first-order valence-electron chi connectivity index (χ1n) is 6.03. The summed E-state index contributed by atoms with van der Waals surface area (Å²) in [6.07, 6.45) is 0.668. The molecule has 0 aliphatic rings. The standard InChI is InChI=1S/C12H16N4O4/c1-8(5-10(7-14)12(19)20)16-15-4-2-3-9(6-13)11(17)18/h8-10H,2-5H2,1H3,(H,17,18)(H,19,20). The fourth-order valence-corrected chi connectivity index (χ4v) is 1.40. The molecule has 2 N–H and O–H groups in total. The van der Waals surface area contributed by atoms with Crippen LogP contribution in [0.4, 0.5) is 0 Å². The minimum atomic E-state index is -1.19. The van der Waals surface area contributed by atoms with Crippen molar-refractivity contribution >= 4 is 11.9 Å².